The number of hydrogen-bond acceptors (Lipinski definition) is 5. The number of nitriles is 1. The highest BCUT2D eigenvalue weighted by atomic mass is 35.5. The lowest BCUT2D eigenvalue weighted by Crippen LogP contribution is -2.35. The molecule has 2 atom stereocenters. The Labute approximate surface area is 294 Å². The lowest BCUT2D eigenvalue weighted by atomic mass is 9.86. The van der Waals surface area contributed by atoms with E-state index in [1.807, 2.05) is 83.1 Å². The summed E-state index contributed by atoms with van der Waals surface area (Å²) in [5, 5.41) is 13.3. The SMILES string of the molecule is Cc1cc(Cl)c(OCCOc2ccc(CC(CNC(=O)OC(C)(C)C)c3ccc(-c4ccccc4CC(C)C#N)cc3C)cc2)c(Cl)c1. The van der Waals surface area contributed by atoms with Gasteiger partial charge < -0.3 is 19.5 Å². The first-order valence-electron chi connectivity index (χ1n) is 16.2. The van der Waals surface area contributed by atoms with Crippen LogP contribution in [0.15, 0.2) is 78.9 Å². The number of ether oxygens (including phenoxy) is 3. The Morgan fingerprint density at radius 2 is 1.56 bits per heavy atom. The van der Waals surface area contributed by atoms with Crippen LogP contribution in [-0.4, -0.2) is 31.5 Å². The van der Waals surface area contributed by atoms with Gasteiger partial charge in [-0.3, -0.25) is 0 Å². The van der Waals surface area contributed by atoms with E-state index in [1.54, 1.807) is 0 Å². The highest BCUT2D eigenvalue weighted by Crippen LogP contribution is 2.34. The van der Waals surface area contributed by atoms with E-state index in [2.05, 4.69) is 48.6 Å². The Morgan fingerprint density at radius 1 is 0.896 bits per heavy atom. The van der Waals surface area contributed by atoms with Gasteiger partial charge in [-0.05, 0) is 118 Å². The fourth-order valence-electron chi connectivity index (χ4n) is 5.60. The van der Waals surface area contributed by atoms with Gasteiger partial charge in [0, 0.05) is 18.4 Å². The van der Waals surface area contributed by atoms with Crippen molar-refractivity contribution in [3.63, 3.8) is 0 Å². The molecule has 0 heterocycles. The molecule has 0 aliphatic carbocycles. The summed E-state index contributed by atoms with van der Waals surface area (Å²) in [4.78, 5) is 12.6. The molecule has 252 valence electrons. The van der Waals surface area contributed by atoms with Gasteiger partial charge in [-0.15, -0.1) is 0 Å². The molecule has 0 saturated carbocycles. The third-order valence-electron chi connectivity index (χ3n) is 7.82. The summed E-state index contributed by atoms with van der Waals surface area (Å²) in [7, 11) is 0. The first-order chi connectivity index (χ1) is 22.8. The van der Waals surface area contributed by atoms with Crippen LogP contribution in [0.1, 0.15) is 61.4 Å². The van der Waals surface area contributed by atoms with E-state index in [4.69, 9.17) is 37.4 Å². The maximum atomic E-state index is 12.6. The molecule has 0 spiro atoms. The zero-order valence-corrected chi connectivity index (χ0v) is 30.0. The van der Waals surface area contributed by atoms with Crippen molar-refractivity contribution in [1.82, 2.24) is 5.32 Å². The van der Waals surface area contributed by atoms with Gasteiger partial charge in [-0.2, -0.15) is 5.26 Å². The van der Waals surface area contributed by atoms with Gasteiger partial charge in [-0.25, -0.2) is 4.79 Å². The fraction of sp³-hybridized carbons (Fsp3) is 0.350. The number of alkyl carbamates (subject to hydrolysis) is 1. The zero-order valence-electron chi connectivity index (χ0n) is 28.5. The maximum Gasteiger partial charge on any atom is 0.407 e. The topological polar surface area (TPSA) is 80.6 Å². The van der Waals surface area contributed by atoms with E-state index in [9.17, 15) is 10.1 Å². The quantitative estimate of drug-likeness (QED) is 0.142. The van der Waals surface area contributed by atoms with Crippen LogP contribution in [0.25, 0.3) is 11.1 Å². The predicted molar refractivity (Wildman–Crippen MR) is 194 cm³/mol. The molecule has 8 heteroatoms. The number of aryl methyl sites for hydroxylation is 2. The molecule has 2 unspecified atom stereocenters. The molecule has 0 bridgehead atoms. The van der Waals surface area contributed by atoms with Crippen LogP contribution in [0.3, 0.4) is 0 Å². The summed E-state index contributed by atoms with van der Waals surface area (Å²) in [6.45, 7) is 12.6. The summed E-state index contributed by atoms with van der Waals surface area (Å²) < 4.78 is 17.2. The molecule has 0 aliphatic rings. The Kier molecular flexibility index (Phi) is 12.8. The van der Waals surface area contributed by atoms with Gasteiger partial charge >= 0.3 is 6.09 Å². The highest BCUT2D eigenvalue weighted by Gasteiger charge is 2.21. The predicted octanol–water partition coefficient (Wildman–Crippen LogP) is 10.3. The van der Waals surface area contributed by atoms with Crippen LogP contribution < -0.4 is 14.8 Å². The zero-order chi connectivity index (χ0) is 34.8. The fourth-order valence-corrected chi connectivity index (χ4v) is 6.31. The lowest BCUT2D eigenvalue weighted by Gasteiger charge is -2.24. The Bertz CT molecular complexity index is 1720. The molecular formula is C40H44Cl2N2O4. The smallest absolute Gasteiger partial charge is 0.407 e. The Morgan fingerprint density at radius 3 is 2.21 bits per heavy atom. The molecule has 0 radical (unpaired) electrons. The third kappa shape index (κ3) is 10.7. The van der Waals surface area contributed by atoms with Crippen molar-refractivity contribution in [2.45, 2.75) is 65.9 Å². The Balaban J connectivity index is 1.47. The van der Waals surface area contributed by atoms with E-state index < -0.39 is 11.7 Å². The normalized spacial score (nSPS) is 12.5. The van der Waals surface area contributed by atoms with Gasteiger partial charge in [-0.1, -0.05) is 77.8 Å². The number of carbonyl (C=O) groups excluding carboxylic acids is 1. The largest absolute Gasteiger partial charge is 0.490 e. The number of rotatable bonds is 13. The van der Waals surface area contributed by atoms with Crippen molar-refractivity contribution < 1.29 is 19.0 Å². The standard InChI is InChI=1S/C40H44Cl2N2O4/c1-26-20-36(41)38(37(42)21-26)47-18-17-46-33-14-11-29(12-15-33)23-32(25-44-39(45)48-40(4,5)6)34-16-13-31(22-28(34)3)35-10-8-7-9-30(35)19-27(2)24-43/h7-16,20-22,27,32H,17-19,23,25H2,1-6H3,(H,44,45). The molecule has 0 aliphatic heterocycles. The van der Waals surface area contributed by atoms with Crippen molar-refractivity contribution in [2.75, 3.05) is 19.8 Å². The average molecular weight is 688 g/mol. The first kappa shape index (κ1) is 36.7. The molecule has 48 heavy (non-hydrogen) atoms. The Hall–Kier alpha value is -4.18. The van der Waals surface area contributed by atoms with Gasteiger partial charge in [0.15, 0.2) is 5.75 Å². The second kappa shape index (κ2) is 16.8. The molecule has 0 saturated heterocycles. The molecular weight excluding hydrogens is 643 g/mol. The van der Waals surface area contributed by atoms with E-state index in [1.165, 1.54) is 0 Å². The first-order valence-corrected chi connectivity index (χ1v) is 16.9. The molecule has 4 aromatic carbocycles. The van der Waals surface area contributed by atoms with Crippen LogP contribution >= 0.6 is 23.2 Å². The molecule has 4 rings (SSSR count). The van der Waals surface area contributed by atoms with Gasteiger partial charge in [0.25, 0.3) is 0 Å². The lowest BCUT2D eigenvalue weighted by molar-refractivity contribution is 0.0524. The minimum atomic E-state index is -0.590. The third-order valence-corrected chi connectivity index (χ3v) is 8.38. The second-order valence-electron chi connectivity index (χ2n) is 13.1. The number of hydrogen-bond donors (Lipinski definition) is 1. The van der Waals surface area contributed by atoms with E-state index in [0.717, 1.165) is 44.7 Å². The van der Waals surface area contributed by atoms with E-state index in [0.29, 0.717) is 48.4 Å². The molecule has 4 aromatic rings. The summed E-state index contributed by atoms with van der Waals surface area (Å²) in [5.74, 6) is 1.09. The van der Waals surface area contributed by atoms with Gasteiger partial charge in [0.2, 0.25) is 0 Å². The monoisotopic (exact) mass is 686 g/mol. The summed E-state index contributed by atoms with van der Waals surface area (Å²) >= 11 is 12.6. The number of nitrogens with zero attached hydrogens (tertiary/aromatic N) is 1. The minimum absolute atomic E-state index is 0.00963. The summed E-state index contributed by atoms with van der Waals surface area (Å²) in [6, 6.07) is 28.7. The average Bonchev–Trinajstić information content (AvgIpc) is 3.02. The van der Waals surface area contributed by atoms with E-state index in [-0.39, 0.29) is 11.8 Å². The van der Waals surface area contributed by atoms with Gasteiger partial charge in [0.05, 0.1) is 16.1 Å². The second-order valence-corrected chi connectivity index (χ2v) is 14.0. The van der Waals surface area contributed by atoms with Crippen molar-refractivity contribution in [1.29, 1.82) is 5.26 Å². The van der Waals surface area contributed by atoms with E-state index >= 15 is 0 Å². The van der Waals surface area contributed by atoms with Gasteiger partial charge in [0.1, 0.15) is 24.6 Å². The maximum absolute atomic E-state index is 12.6. The minimum Gasteiger partial charge on any atom is -0.490 e. The highest BCUT2D eigenvalue weighted by molar-refractivity contribution is 6.37. The number of benzene rings is 4. The van der Waals surface area contributed by atoms with Crippen LogP contribution in [-0.2, 0) is 17.6 Å². The number of halogens is 2. The van der Waals surface area contributed by atoms with Crippen molar-refractivity contribution in [3.05, 3.63) is 117 Å². The summed E-state index contributed by atoms with van der Waals surface area (Å²) in [5.41, 5.74) is 7.13. The van der Waals surface area contributed by atoms with Crippen LogP contribution in [0.4, 0.5) is 4.79 Å². The molecule has 0 fully saturated rings. The summed E-state index contributed by atoms with van der Waals surface area (Å²) in [6.07, 6.45) is 0.944. The van der Waals surface area contributed by atoms with Crippen molar-refractivity contribution in [3.8, 4) is 28.7 Å². The number of amides is 1. The molecule has 6 nitrogen and oxygen atoms in total. The van der Waals surface area contributed by atoms with Crippen LogP contribution in [0.2, 0.25) is 10.0 Å². The number of carbonyl (C=O) groups is 1. The molecule has 1 N–H and O–H groups in total. The van der Waals surface area contributed by atoms with Crippen LogP contribution in [0, 0.1) is 31.1 Å². The van der Waals surface area contributed by atoms with Crippen molar-refractivity contribution >= 4 is 29.3 Å². The van der Waals surface area contributed by atoms with Crippen molar-refractivity contribution in [2.24, 2.45) is 5.92 Å². The number of nitrogens with one attached hydrogen (secondary N) is 1. The van der Waals surface area contributed by atoms with Crippen LogP contribution in [0.5, 0.6) is 11.5 Å². The molecule has 0 aromatic heterocycles. The molecule has 1 amide bonds.